The highest BCUT2D eigenvalue weighted by atomic mass is 16.5. The molecule has 2 N–H and O–H groups in total. The van der Waals surface area contributed by atoms with E-state index >= 15 is 0 Å². The largest absolute Gasteiger partial charge is 0.488 e. The van der Waals surface area contributed by atoms with Crippen molar-refractivity contribution in [3.05, 3.63) is 29.3 Å². The van der Waals surface area contributed by atoms with Gasteiger partial charge in [0.25, 0.3) is 0 Å². The molecule has 0 spiro atoms. The minimum absolute atomic E-state index is 0.219. The molecule has 1 aromatic carbocycles. The molecule has 1 fully saturated rings. The van der Waals surface area contributed by atoms with E-state index in [2.05, 4.69) is 12.1 Å². The van der Waals surface area contributed by atoms with Crippen molar-refractivity contribution in [3.63, 3.8) is 0 Å². The average Bonchev–Trinajstić information content (AvgIpc) is 2.72. The van der Waals surface area contributed by atoms with E-state index in [4.69, 9.17) is 15.2 Å². The summed E-state index contributed by atoms with van der Waals surface area (Å²) in [5.41, 5.74) is 8.66. The van der Waals surface area contributed by atoms with Crippen LogP contribution in [0.1, 0.15) is 36.4 Å². The quantitative estimate of drug-likeness (QED) is 0.851. The summed E-state index contributed by atoms with van der Waals surface area (Å²) in [5, 5.41) is 0. The molecule has 3 heteroatoms. The lowest BCUT2D eigenvalue weighted by molar-refractivity contribution is 0.00740. The summed E-state index contributed by atoms with van der Waals surface area (Å²) in [7, 11) is 0. The lowest BCUT2D eigenvalue weighted by Gasteiger charge is -2.23. The fourth-order valence-electron chi connectivity index (χ4n) is 2.70. The first-order valence-corrected chi connectivity index (χ1v) is 6.46. The van der Waals surface area contributed by atoms with Crippen LogP contribution in [0.4, 0.5) is 0 Å². The topological polar surface area (TPSA) is 44.5 Å². The van der Waals surface area contributed by atoms with E-state index in [0.717, 1.165) is 44.6 Å². The van der Waals surface area contributed by atoms with Gasteiger partial charge in [-0.15, -0.1) is 0 Å². The van der Waals surface area contributed by atoms with E-state index in [9.17, 15) is 0 Å². The van der Waals surface area contributed by atoms with E-state index in [1.54, 1.807) is 0 Å². The van der Waals surface area contributed by atoms with Crippen LogP contribution in [0.25, 0.3) is 0 Å². The zero-order chi connectivity index (χ0) is 11.7. The Morgan fingerprint density at radius 1 is 1.29 bits per heavy atom. The van der Waals surface area contributed by atoms with Gasteiger partial charge in [-0.2, -0.15) is 0 Å². The van der Waals surface area contributed by atoms with Crippen molar-refractivity contribution in [2.24, 2.45) is 5.73 Å². The molecule has 0 saturated carbocycles. The summed E-state index contributed by atoms with van der Waals surface area (Å²) in [6.07, 6.45) is 4.55. The van der Waals surface area contributed by atoms with Crippen molar-refractivity contribution >= 4 is 0 Å². The van der Waals surface area contributed by atoms with Gasteiger partial charge in [-0.05, 0) is 48.9 Å². The third-order valence-corrected chi connectivity index (χ3v) is 3.66. The second kappa shape index (κ2) is 4.67. The molecule has 2 aliphatic rings. The monoisotopic (exact) mass is 233 g/mol. The fourth-order valence-corrected chi connectivity index (χ4v) is 2.70. The third-order valence-electron chi connectivity index (χ3n) is 3.66. The Hall–Kier alpha value is -1.06. The van der Waals surface area contributed by atoms with E-state index in [1.165, 1.54) is 11.1 Å². The zero-order valence-electron chi connectivity index (χ0n) is 10.0. The van der Waals surface area contributed by atoms with Crippen LogP contribution in [-0.4, -0.2) is 19.3 Å². The Bertz CT molecular complexity index is 399. The molecular formula is C14H19NO2. The smallest absolute Gasteiger partial charge is 0.122 e. The number of ether oxygens (including phenoxy) is 2. The number of hydrogen-bond acceptors (Lipinski definition) is 3. The van der Waals surface area contributed by atoms with Crippen LogP contribution in [0.5, 0.6) is 5.75 Å². The van der Waals surface area contributed by atoms with E-state index < -0.39 is 0 Å². The lowest BCUT2D eigenvalue weighted by Crippen LogP contribution is -2.28. The van der Waals surface area contributed by atoms with Crippen LogP contribution in [0, 0.1) is 0 Å². The standard InChI is InChI=1S/C14H19NO2/c15-14-6-3-10-8-11(4-5-13(10)14)17-12-2-1-7-16-9-12/h4-5,8,12,14H,1-3,6-7,9,15H2/t12?,14-/m1/s1. The predicted molar refractivity (Wildman–Crippen MR) is 66.2 cm³/mol. The molecule has 1 aliphatic carbocycles. The Morgan fingerprint density at radius 2 is 2.24 bits per heavy atom. The number of rotatable bonds is 2. The summed E-state index contributed by atoms with van der Waals surface area (Å²) < 4.78 is 11.4. The highest BCUT2D eigenvalue weighted by Crippen LogP contribution is 2.32. The third kappa shape index (κ3) is 2.31. The SMILES string of the molecule is N[C@@H]1CCc2cc(OC3CCCOC3)ccc21. The highest BCUT2D eigenvalue weighted by Gasteiger charge is 2.20. The lowest BCUT2D eigenvalue weighted by atomic mass is 10.1. The van der Waals surface area contributed by atoms with Crippen molar-refractivity contribution in [2.75, 3.05) is 13.2 Å². The predicted octanol–water partition coefficient (Wildman–Crippen LogP) is 2.19. The summed E-state index contributed by atoms with van der Waals surface area (Å²) in [6.45, 7) is 1.59. The highest BCUT2D eigenvalue weighted by molar-refractivity contribution is 5.40. The van der Waals surface area contributed by atoms with Crippen molar-refractivity contribution in [3.8, 4) is 5.75 Å². The van der Waals surface area contributed by atoms with Gasteiger partial charge < -0.3 is 15.2 Å². The molecule has 3 rings (SSSR count). The first kappa shape index (κ1) is 11.1. The minimum atomic E-state index is 0.219. The molecule has 17 heavy (non-hydrogen) atoms. The minimum Gasteiger partial charge on any atom is -0.488 e. The molecule has 0 radical (unpaired) electrons. The molecule has 1 saturated heterocycles. The normalized spacial score (nSPS) is 27.8. The van der Waals surface area contributed by atoms with Gasteiger partial charge in [-0.3, -0.25) is 0 Å². The van der Waals surface area contributed by atoms with Crippen molar-refractivity contribution in [2.45, 2.75) is 37.8 Å². The molecule has 2 atom stereocenters. The maximum Gasteiger partial charge on any atom is 0.122 e. The van der Waals surface area contributed by atoms with Crippen molar-refractivity contribution < 1.29 is 9.47 Å². The number of fused-ring (bicyclic) bond motifs is 1. The molecule has 1 unspecified atom stereocenters. The van der Waals surface area contributed by atoms with Gasteiger partial charge in [0.1, 0.15) is 11.9 Å². The number of nitrogens with two attached hydrogens (primary N) is 1. The van der Waals surface area contributed by atoms with Gasteiger partial charge >= 0.3 is 0 Å². The number of hydrogen-bond donors (Lipinski definition) is 1. The number of aryl methyl sites for hydroxylation is 1. The second-order valence-corrected chi connectivity index (χ2v) is 4.96. The van der Waals surface area contributed by atoms with Gasteiger partial charge in [0.2, 0.25) is 0 Å². The molecule has 3 nitrogen and oxygen atoms in total. The average molecular weight is 233 g/mol. The fraction of sp³-hybridized carbons (Fsp3) is 0.571. The molecule has 92 valence electrons. The first-order chi connectivity index (χ1) is 8.33. The van der Waals surface area contributed by atoms with Gasteiger partial charge in [0.15, 0.2) is 0 Å². The molecule has 1 aliphatic heterocycles. The van der Waals surface area contributed by atoms with Crippen LogP contribution in [0.3, 0.4) is 0 Å². The molecule has 0 bridgehead atoms. The van der Waals surface area contributed by atoms with Crippen LogP contribution < -0.4 is 10.5 Å². The molecule has 1 heterocycles. The van der Waals surface area contributed by atoms with Gasteiger partial charge in [0.05, 0.1) is 6.61 Å². The molecule has 0 aromatic heterocycles. The van der Waals surface area contributed by atoms with Gasteiger partial charge in [0, 0.05) is 12.6 Å². The van der Waals surface area contributed by atoms with Gasteiger partial charge in [-0.1, -0.05) is 6.07 Å². The zero-order valence-corrected chi connectivity index (χ0v) is 10.0. The Morgan fingerprint density at radius 3 is 3.06 bits per heavy atom. The van der Waals surface area contributed by atoms with E-state index in [0.29, 0.717) is 0 Å². The van der Waals surface area contributed by atoms with Gasteiger partial charge in [-0.25, -0.2) is 0 Å². The summed E-state index contributed by atoms with van der Waals surface area (Å²) in [6, 6.07) is 6.53. The molecular weight excluding hydrogens is 214 g/mol. The van der Waals surface area contributed by atoms with Crippen LogP contribution >= 0.6 is 0 Å². The first-order valence-electron chi connectivity index (χ1n) is 6.46. The summed E-state index contributed by atoms with van der Waals surface area (Å²) in [5.74, 6) is 0.966. The molecule has 1 aromatic rings. The maximum atomic E-state index is 6.02. The van der Waals surface area contributed by atoms with Crippen molar-refractivity contribution in [1.82, 2.24) is 0 Å². The van der Waals surface area contributed by atoms with Crippen LogP contribution in [-0.2, 0) is 11.2 Å². The maximum absolute atomic E-state index is 6.02. The summed E-state index contributed by atoms with van der Waals surface area (Å²) >= 11 is 0. The Kier molecular flexibility index (Phi) is 3.04. The second-order valence-electron chi connectivity index (χ2n) is 4.96. The Balaban J connectivity index is 1.71. The van der Waals surface area contributed by atoms with Crippen LogP contribution in [0.15, 0.2) is 18.2 Å². The Labute approximate surface area is 102 Å². The van der Waals surface area contributed by atoms with Crippen LogP contribution in [0.2, 0.25) is 0 Å². The van der Waals surface area contributed by atoms with E-state index in [1.807, 2.05) is 6.07 Å². The number of benzene rings is 1. The molecule has 0 amide bonds. The summed E-state index contributed by atoms with van der Waals surface area (Å²) in [4.78, 5) is 0. The van der Waals surface area contributed by atoms with Crippen molar-refractivity contribution in [1.29, 1.82) is 0 Å². The van der Waals surface area contributed by atoms with E-state index in [-0.39, 0.29) is 12.1 Å².